The van der Waals surface area contributed by atoms with Gasteiger partial charge in [0.25, 0.3) is 0 Å². The van der Waals surface area contributed by atoms with Crippen molar-refractivity contribution in [1.82, 2.24) is 0 Å². The molecule has 0 bridgehead atoms. The molecule has 240 valence electrons. The summed E-state index contributed by atoms with van der Waals surface area (Å²) in [7, 11) is 0. The summed E-state index contributed by atoms with van der Waals surface area (Å²) in [6.45, 7) is 6.79. The van der Waals surface area contributed by atoms with Crippen LogP contribution < -0.4 is 4.90 Å². The van der Waals surface area contributed by atoms with Crippen LogP contribution in [0.3, 0.4) is 0 Å². The quantitative estimate of drug-likeness (QED) is 0.158. The van der Waals surface area contributed by atoms with Gasteiger partial charge in [0.05, 0.1) is 17.0 Å². The van der Waals surface area contributed by atoms with Crippen molar-refractivity contribution >= 4 is 17.1 Å². The van der Waals surface area contributed by atoms with Crippen molar-refractivity contribution in [2.24, 2.45) is 0 Å². The third-order valence-electron chi connectivity index (χ3n) is 10.5. The van der Waals surface area contributed by atoms with E-state index in [0.717, 1.165) is 44.2 Å². The lowest BCUT2D eigenvalue weighted by Crippen LogP contribution is -2.26. The second-order valence-corrected chi connectivity index (χ2v) is 13.7. The maximum atomic E-state index is 10.1. The van der Waals surface area contributed by atoms with Crippen molar-refractivity contribution in [3.63, 3.8) is 0 Å². The predicted octanol–water partition coefficient (Wildman–Crippen LogP) is 12.2. The Morgan fingerprint density at radius 1 is 0.469 bits per heavy atom. The molecule has 0 fully saturated rings. The number of hydrogen-bond donors (Lipinski definition) is 0. The van der Waals surface area contributed by atoms with Gasteiger partial charge in [-0.05, 0) is 129 Å². The average molecular weight is 635 g/mol. The SMILES string of the molecule is CCCc1cccc(N(c2cc(CCC)cc(CCC)c2)c2ccc3c(c2)C2(c4ccccc4-c4ccc(C#N)cc42)c2ccccc2-3)c1. The van der Waals surface area contributed by atoms with E-state index in [1.807, 2.05) is 6.07 Å². The number of hydrogen-bond acceptors (Lipinski definition) is 2. The minimum Gasteiger partial charge on any atom is -0.310 e. The normalized spacial score (nSPS) is 15.0. The number of rotatable bonds is 9. The van der Waals surface area contributed by atoms with Crippen molar-refractivity contribution < 1.29 is 0 Å². The van der Waals surface area contributed by atoms with Gasteiger partial charge in [0.1, 0.15) is 0 Å². The van der Waals surface area contributed by atoms with E-state index in [1.165, 1.54) is 72.6 Å². The van der Waals surface area contributed by atoms with E-state index in [2.05, 4.69) is 153 Å². The first-order chi connectivity index (χ1) is 24.1. The van der Waals surface area contributed by atoms with E-state index in [9.17, 15) is 5.26 Å². The van der Waals surface area contributed by atoms with Crippen LogP contribution in [0.25, 0.3) is 22.3 Å². The van der Waals surface area contributed by atoms with E-state index in [4.69, 9.17) is 0 Å². The summed E-state index contributed by atoms with van der Waals surface area (Å²) in [6, 6.07) is 50.0. The van der Waals surface area contributed by atoms with E-state index in [-0.39, 0.29) is 0 Å². The van der Waals surface area contributed by atoms with Crippen LogP contribution in [-0.2, 0) is 24.7 Å². The van der Waals surface area contributed by atoms with E-state index in [1.54, 1.807) is 0 Å². The molecule has 49 heavy (non-hydrogen) atoms. The summed E-state index contributed by atoms with van der Waals surface area (Å²) in [4.78, 5) is 2.49. The second kappa shape index (κ2) is 12.6. The second-order valence-electron chi connectivity index (χ2n) is 13.7. The Bertz CT molecular complexity index is 2220. The maximum absolute atomic E-state index is 10.1. The van der Waals surface area contributed by atoms with Gasteiger partial charge in [-0.3, -0.25) is 0 Å². The molecule has 6 aromatic rings. The summed E-state index contributed by atoms with van der Waals surface area (Å²) in [5, 5.41) is 10.1. The Labute approximate surface area is 291 Å². The summed E-state index contributed by atoms with van der Waals surface area (Å²) in [5.74, 6) is 0. The third-order valence-corrected chi connectivity index (χ3v) is 10.5. The highest BCUT2D eigenvalue weighted by atomic mass is 15.1. The molecule has 1 atom stereocenters. The molecule has 1 spiro atoms. The lowest BCUT2D eigenvalue weighted by molar-refractivity contribution is 0.793. The van der Waals surface area contributed by atoms with Crippen LogP contribution in [0.4, 0.5) is 17.1 Å². The topological polar surface area (TPSA) is 27.0 Å². The van der Waals surface area contributed by atoms with E-state index < -0.39 is 5.41 Å². The highest BCUT2D eigenvalue weighted by Gasteiger charge is 2.51. The fourth-order valence-electron chi connectivity index (χ4n) is 8.66. The Morgan fingerprint density at radius 3 is 1.63 bits per heavy atom. The first-order valence-corrected chi connectivity index (χ1v) is 18.0. The van der Waals surface area contributed by atoms with Crippen molar-refractivity contribution in [1.29, 1.82) is 5.26 Å². The first-order valence-electron chi connectivity index (χ1n) is 18.0. The molecular weight excluding hydrogens is 593 g/mol. The van der Waals surface area contributed by atoms with Gasteiger partial charge in [0, 0.05) is 17.1 Å². The lowest BCUT2D eigenvalue weighted by atomic mass is 9.70. The summed E-state index contributed by atoms with van der Waals surface area (Å²) in [6.07, 6.45) is 6.51. The van der Waals surface area contributed by atoms with Crippen LogP contribution in [-0.4, -0.2) is 0 Å². The zero-order valence-corrected chi connectivity index (χ0v) is 28.8. The first kappa shape index (κ1) is 30.9. The molecule has 0 amide bonds. The molecule has 0 heterocycles. The minimum atomic E-state index is -0.520. The van der Waals surface area contributed by atoms with Crippen LogP contribution in [0.2, 0.25) is 0 Å². The molecule has 0 radical (unpaired) electrons. The summed E-state index contributed by atoms with van der Waals surface area (Å²) >= 11 is 0. The van der Waals surface area contributed by atoms with Crippen molar-refractivity contribution in [3.05, 3.63) is 172 Å². The van der Waals surface area contributed by atoms with Crippen molar-refractivity contribution in [3.8, 4) is 28.3 Å². The maximum Gasteiger partial charge on any atom is 0.0991 e. The Balaban J connectivity index is 1.42. The van der Waals surface area contributed by atoms with Gasteiger partial charge in [-0.25, -0.2) is 0 Å². The Kier molecular flexibility index (Phi) is 7.93. The van der Waals surface area contributed by atoms with Gasteiger partial charge < -0.3 is 4.90 Å². The molecule has 6 aromatic carbocycles. The molecule has 2 aliphatic rings. The number of aryl methyl sites for hydroxylation is 3. The van der Waals surface area contributed by atoms with Crippen LogP contribution in [0, 0.1) is 11.3 Å². The van der Waals surface area contributed by atoms with Gasteiger partial charge >= 0.3 is 0 Å². The zero-order chi connectivity index (χ0) is 33.5. The highest BCUT2D eigenvalue weighted by molar-refractivity contribution is 5.96. The highest BCUT2D eigenvalue weighted by Crippen LogP contribution is 2.63. The van der Waals surface area contributed by atoms with E-state index in [0.29, 0.717) is 5.56 Å². The number of fused-ring (bicyclic) bond motifs is 10. The molecular formula is C47H42N2. The number of anilines is 3. The third kappa shape index (κ3) is 4.91. The average Bonchev–Trinajstić information content (AvgIpc) is 3.59. The molecule has 1 unspecified atom stereocenters. The van der Waals surface area contributed by atoms with Crippen molar-refractivity contribution in [2.75, 3.05) is 4.90 Å². The molecule has 2 nitrogen and oxygen atoms in total. The van der Waals surface area contributed by atoms with Gasteiger partial charge in [-0.15, -0.1) is 0 Å². The fourth-order valence-corrected chi connectivity index (χ4v) is 8.66. The Hall–Kier alpha value is -5.39. The van der Waals surface area contributed by atoms with Crippen molar-refractivity contribution in [2.45, 2.75) is 64.7 Å². The largest absolute Gasteiger partial charge is 0.310 e. The monoisotopic (exact) mass is 634 g/mol. The molecule has 0 saturated heterocycles. The minimum absolute atomic E-state index is 0.520. The van der Waals surface area contributed by atoms with Gasteiger partial charge in [-0.2, -0.15) is 5.26 Å². The number of nitriles is 1. The molecule has 8 rings (SSSR count). The van der Waals surface area contributed by atoms with Crippen LogP contribution in [0.15, 0.2) is 127 Å². The molecule has 2 aliphatic carbocycles. The molecule has 0 aromatic heterocycles. The summed E-state index contributed by atoms with van der Waals surface area (Å²) < 4.78 is 0. The molecule has 2 heteroatoms. The number of benzene rings is 6. The molecule has 0 aliphatic heterocycles. The molecule has 0 saturated carbocycles. The Morgan fingerprint density at radius 2 is 1.00 bits per heavy atom. The standard InChI is InChI=1S/C47H42N2/c1-4-12-32-15-11-16-36(26-32)49(38-27-33(13-5-2)25-34(28-38)14-6-3)37-22-24-42-40-18-8-10-20-44(40)47(46(42)30-37)43-19-9-7-17-39(43)41-23-21-35(31-48)29-45(41)47/h7-11,15-30H,4-6,12-14H2,1-3H3. The van der Waals surface area contributed by atoms with Gasteiger partial charge in [0.15, 0.2) is 0 Å². The van der Waals surface area contributed by atoms with Crippen LogP contribution in [0.1, 0.15) is 84.5 Å². The van der Waals surface area contributed by atoms with Crippen LogP contribution >= 0.6 is 0 Å². The fraction of sp³-hybridized carbons (Fsp3) is 0.213. The van der Waals surface area contributed by atoms with Gasteiger partial charge in [-0.1, -0.05) is 119 Å². The smallest absolute Gasteiger partial charge is 0.0991 e. The summed E-state index contributed by atoms with van der Waals surface area (Å²) in [5.41, 5.74) is 17.9. The lowest BCUT2D eigenvalue weighted by Gasteiger charge is -2.32. The zero-order valence-electron chi connectivity index (χ0n) is 28.8. The number of nitrogens with zero attached hydrogens (tertiary/aromatic N) is 2. The van der Waals surface area contributed by atoms with Crippen LogP contribution in [0.5, 0.6) is 0 Å². The van der Waals surface area contributed by atoms with Gasteiger partial charge in [0.2, 0.25) is 0 Å². The predicted molar refractivity (Wildman–Crippen MR) is 204 cm³/mol. The van der Waals surface area contributed by atoms with E-state index >= 15 is 0 Å². The molecule has 0 N–H and O–H groups in total.